The van der Waals surface area contributed by atoms with Crippen LogP contribution in [0.1, 0.15) is 41.0 Å². The summed E-state index contributed by atoms with van der Waals surface area (Å²) in [5.74, 6) is -0.0678. The van der Waals surface area contributed by atoms with Crippen LogP contribution in [0.5, 0.6) is 0 Å². The first-order chi connectivity index (χ1) is 9.57. The van der Waals surface area contributed by atoms with Crippen LogP contribution in [0.3, 0.4) is 0 Å². The number of ether oxygens (including phenoxy) is 2. The van der Waals surface area contributed by atoms with Crippen LogP contribution in [0.4, 0.5) is 0 Å². The molecule has 0 bridgehead atoms. The molecule has 5 nitrogen and oxygen atoms in total. The number of likely N-dealkylation sites (tertiary alicyclic amines) is 1. The van der Waals surface area contributed by atoms with Crippen LogP contribution in [0.15, 0.2) is 0 Å². The molecule has 1 aliphatic rings. The number of nitrogens with zero attached hydrogens (tertiary/aromatic N) is 1. The SMILES string of the molecule is CC.CCOCCOCCN1C(=O)CC(C(C)C)C1=O. The van der Waals surface area contributed by atoms with E-state index in [1.165, 1.54) is 4.90 Å². The van der Waals surface area contributed by atoms with Crippen molar-refractivity contribution >= 4 is 11.8 Å². The zero-order chi connectivity index (χ0) is 15.5. The summed E-state index contributed by atoms with van der Waals surface area (Å²) in [6.07, 6.45) is 0.343. The summed E-state index contributed by atoms with van der Waals surface area (Å²) in [5.41, 5.74) is 0. The molecule has 1 heterocycles. The Bertz CT molecular complexity index is 292. The Balaban J connectivity index is 0.00000172. The quantitative estimate of drug-likeness (QED) is 0.507. The summed E-state index contributed by atoms with van der Waals surface area (Å²) in [5, 5.41) is 0. The first kappa shape index (κ1) is 19.1. The van der Waals surface area contributed by atoms with Crippen LogP contribution in [0, 0.1) is 11.8 Å². The number of hydrogen-bond acceptors (Lipinski definition) is 4. The van der Waals surface area contributed by atoms with Gasteiger partial charge >= 0.3 is 0 Å². The zero-order valence-corrected chi connectivity index (χ0v) is 13.5. The predicted molar refractivity (Wildman–Crippen MR) is 78.3 cm³/mol. The summed E-state index contributed by atoms with van der Waals surface area (Å²) in [6.45, 7) is 12.3. The largest absolute Gasteiger partial charge is 0.379 e. The Labute approximate surface area is 122 Å². The zero-order valence-electron chi connectivity index (χ0n) is 13.5. The number of amides is 2. The Morgan fingerprint density at radius 2 is 1.75 bits per heavy atom. The number of carbonyl (C=O) groups excluding carboxylic acids is 2. The van der Waals surface area contributed by atoms with Crippen LogP contribution in [0.25, 0.3) is 0 Å². The second-order valence-corrected chi connectivity index (χ2v) is 4.75. The van der Waals surface area contributed by atoms with Crippen LogP contribution in [-0.4, -0.2) is 49.7 Å². The minimum atomic E-state index is -0.152. The number of rotatable bonds is 8. The van der Waals surface area contributed by atoms with Crippen molar-refractivity contribution in [2.24, 2.45) is 11.8 Å². The van der Waals surface area contributed by atoms with Crippen LogP contribution < -0.4 is 0 Å². The van der Waals surface area contributed by atoms with E-state index in [0.29, 0.717) is 39.4 Å². The summed E-state index contributed by atoms with van der Waals surface area (Å²) in [7, 11) is 0. The van der Waals surface area contributed by atoms with E-state index in [9.17, 15) is 9.59 Å². The molecule has 5 heteroatoms. The predicted octanol–water partition coefficient (Wildman–Crippen LogP) is 2.10. The third-order valence-corrected chi connectivity index (χ3v) is 3.12. The van der Waals surface area contributed by atoms with Gasteiger partial charge in [-0.05, 0) is 12.8 Å². The molecular weight excluding hydrogens is 258 g/mol. The Kier molecular flexibility index (Phi) is 10.3. The first-order valence-corrected chi connectivity index (χ1v) is 7.57. The van der Waals surface area contributed by atoms with Gasteiger partial charge in [0.25, 0.3) is 0 Å². The maximum Gasteiger partial charge on any atom is 0.233 e. The fourth-order valence-electron chi connectivity index (χ4n) is 1.98. The van der Waals surface area contributed by atoms with Gasteiger partial charge in [0.05, 0.1) is 26.4 Å². The fourth-order valence-corrected chi connectivity index (χ4v) is 1.98. The number of imide groups is 1. The van der Waals surface area contributed by atoms with Gasteiger partial charge in [-0.15, -0.1) is 0 Å². The lowest BCUT2D eigenvalue weighted by molar-refractivity contribution is -0.140. The second kappa shape index (κ2) is 10.8. The minimum absolute atomic E-state index is 0.0524. The highest BCUT2D eigenvalue weighted by Gasteiger charge is 2.39. The molecule has 0 saturated carbocycles. The van der Waals surface area contributed by atoms with Gasteiger partial charge in [-0.2, -0.15) is 0 Å². The molecule has 20 heavy (non-hydrogen) atoms. The van der Waals surface area contributed by atoms with E-state index in [1.54, 1.807) is 0 Å². The van der Waals surface area contributed by atoms with Crippen molar-refractivity contribution in [3.05, 3.63) is 0 Å². The summed E-state index contributed by atoms with van der Waals surface area (Å²) in [6, 6.07) is 0. The van der Waals surface area contributed by atoms with E-state index >= 15 is 0 Å². The van der Waals surface area contributed by atoms with Crippen molar-refractivity contribution in [2.75, 3.05) is 33.0 Å². The lowest BCUT2D eigenvalue weighted by atomic mass is 9.94. The average molecular weight is 287 g/mol. The normalized spacial score (nSPS) is 18.5. The molecule has 0 spiro atoms. The van der Waals surface area contributed by atoms with Gasteiger partial charge in [-0.25, -0.2) is 0 Å². The fraction of sp³-hybridized carbons (Fsp3) is 0.867. The van der Waals surface area contributed by atoms with Crippen molar-refractivity contribution in [1.29, 1.82) is 0 Å². The molecular formula is C15H29NO4. The molecule has 0 aliphatic carbocycles. The van der Waals surface area contributed by atoms with E-state index in [4.69, 9.17) is 9.47 Å². The molecule has 0 aromatic heterocycles. The summed E-state index contributed by atoms with van der Waals surface area (Å²) < 4.78 is 10.4. The molecule has 0 radical (unpaired) electrons. The van der Waals surface area contributed by atoms with Crippen molar-refractivity contribution in [1.82, 2.24) is 4.90 Å². The second-order valence-electron chi connectivity index (χ2n) is 4.75. The molecule has 1 rings (SSSR count). The van der Waals surface area contributed by atoms with Gasteiger partial charge in [-0.1, -0.05) is 27.7 Å². The highest BCUT2D eigenvalue weighted by Crippen LogP contribution is 2.25. The van der Waals surface area contributed by atoms with Gasteiger partial charge in [0, 0.05) is 18.9 Å². The van der Waals surface area contributed by atoms with Crippen molar-refractivity contribution in [3.8, 4) is 0 Å². The van der Waals surface area contributed by atoms with Crippen LogP contribution >= 0.6 is 0 Å². The molecule has 1 unspecified atom stereocenters. The van der Waals surface area contributed by atoms with Crippen molar-refractivity contribution in [2.45, 2.75) is 41.0 Å². The van der Waals surface area contributed by atoms with E-state index in [2.05, 4.69) is 0 Å². The lowest BCUT2D eigenvalue weighted by Gasteiger charge is -2.16. The molecule has 0 N–H and O–H groups in total. The number of hydrogen-bond donors (Lipinski definition) is 0. The Morgan fingerprint density at radius 3 is 2.25 bits per heavy atom. The van der Waals surface area contributed by atoms with Gasteiger partial charge in [0.15, 0.2) is 0 Å². The van der Waals surface area contributed by atoms with Gasteiger partial charge in [-0.3, -0.25) is 14.5 Å². The standard InChI is InChI=1S/C13H23NO4.C2H6/c1-4-17-7-8-18-6-5-14-12(15)9-11(10(2)3)13(14)16;1-2/h10-11H,4-9H2,1-3H3;1-2H3. The third-order valence-electron chi connectivity index (χ3n) is 3.12. The monoisotopic (exact) mass is 287 g/mol. The molecule has 1 fully saturated rings. The summed E-state index contributed by atoms with van der Waals surface area (Å²) in [4.78, 5) is 25.0. The smallest absolute Gasteiger partial charge is 0.233 e. The molecule has 0 aromatic rings. The Hall–Kier alpha value is -0.940. The lowest BCUT2D eigenvalue weighted by Crippen LogP contribution is -2.34. The van der Waals surface area contributed by atoms with E-state index in [1.807, 2.05) is 34.6 Å². The summed E-state index contributed by atoms with van der Waals surface area (Å²) >= 11 is 0. The van der Waals surface area contributed by atoms with E-state index in [-0.39, 0.29) is 23.7 Å². The third kappa shape index (κ3) is 6.01. The van der Waals surface area contributed by atoms with Gasteiger partial charge in [0.1, 0.15) is 0 Å². The highest BCUT2D eigenvalue weighted by atomic mass is 16.5. The van der Waals surface area contributed by atoms with Crippen LogP contribution in [-0.2, 0) is 19.1 Å². The van der Waals surface area contributed by atoms with E-state index in [0.717, 1.165) is 0 Å². The van der Waals surface area contributed by atoms with E-state index < -0.39 is 0 Å². The minimum Gasteiger partial charge on any atom is -0.379 e. The molecule has 1 saturated heterocycles. The van der Waals surface area contributed by atoms with Gasteiger partial charge in [0.2, 0.25) is 11.8 Å². The first-order valence-electron chi connectivity index (χ1n) is 7.57. The topological polar surface area (TPSA) is 55.8 Å². The molecule has 118 valence electrons. The van der Waals surface area contributed by atoms with Crippen molar-refractivity contribution < 1.29 is 19.1 Å². The average Bonchev–Trinajstić information content (AvgIpc) is 2.72. The van der Waals surface area contributed by atoms with Crippen molar-refractivity contribution in [3.63, 3.8) is 0 Å². The maximum absolute atomic E-state index is 11.9. The maximum atomic E-state index is 11.9. The van der Waals surface area contributed by atoms with Gasteiger partial charge < -0.3 is 9.47 Å². The molecule has 0 aromatic carbocycles. The molecule has 1 aliphatic heterocycles. The molecule has 2 amide bonds. The van der Waals surface area contributed by atoms with Crippen LogP contribution in [0.2, 0.25) is 0 Å². The molecule has 1 atom stereocenters. The number of carbonyl (C=O) groups is 2. The Morgan fingerprint density at radius 1 is 1.15 bits per heavy atom. The highest BCUT2D eigenvalue weighted by molar-refractivity contribution is 6.03.